The summed E-state index contributed by atoms with van der Waals surface area (Å²) in [6.45, 7) is 5.97. The van der Waals surface area contributed by atoms with Gasteiger partial charge in [0.05, 0.1) is 0 Å². The predicted molar refractivity (Wildman–Crippen MR) is 113 cm³/mol. The van der Waals surface area contributed by atoms with Gasteiger partial charge in [0.25, 0.3) is 0 Å². The van der Waals surface area contributed by atoms with E-state index < -0.39 is 0 Å². The molecule has 0 saturated heterocycles. The van der Waals surface area contributed by atoms with Gasteiger partial charge in [-0.3, -0.25) is 4.79 Å². The minimum atomic E-state index is -0.0115. The van der Waals surface area contributed by atoms with Crippen molar-refractivity contribution in [3.63, 3.8) is 0 Å². The molecule has 3 heteroatoms. The summed E-state index contributed by atoms with van der Waals surface area (Å²) in [5, 5.41) is 6.81. The average Bonchev–Trinajstić information content (AvgIpc) is 2.65. The van der Waals surface area contributed by atoms with Crippen molar-refractivity contribution in [3.8, 4) is 0 Å². The Morgan fingerprint density at radius 1 is 1.15 bits per heavy atom. The van der Waals surface area contributed by atoms with Crippen LogP contribution < -0.4 is 10.6 Å². The lowest BCUT2D eigenvalue weighted by molar-refractivity contribution is -0.114. The van der Waals surface area contributed by atoms with Gasteiger partial charge in [0.15, 0.2) is 0 Å². The first kappa shape index (κ1) is 19.6. The van der Waals surface area contributed by atoms with Crippen molar-refractivity contribution in [1.29, 1.82) is 0 Å². The molecule has 0 spiro atoms. The summed E-state index contributed by atoms with van der Waals surface area (Å²) >= 11 is 0. The second-order valence-corrected chi connectivity index (χ2v) is 7.90. The molecule has 2 N–H and O–H groups in total. The molecule has 1 amide bonds. The lowest BCUT2D eigenvalue weighted by Crippen LogP contribution is -2.41. The van der Waals surface area contributed by atoms with Crippen LogP contribution in [0, 0.1) is 6.92 Å². The van der Waals surface area contributed by atoms with E-state index in [1.54, 1.807) is 6.92 Å². The van der Waals surface area contributed by atoms with Crippen molar-refractivity contribution in [3.05, 3.63) is 64.7 Å². The van der Waals surface area contributed by atoms with Crippen molar-refractivity contribution in [2.45, 2.75) is 71.4 Å². The van der Waals surface area contributed by atoms with Gasteiger partial charge in [0.2, 0.25) is 5.91 Å². The van der Waals surface area contributed by atoms with Crippen LogP contribution >= 0.6 is 0 Å². The predicted octanol–water partition coefficient (Wildman–Crippen LogP) is 4.81. The molecule has 0 aliphatic heterocycles. The highest BCUT2D eigenvalue weighted by Gasteiger charge is 2.21. The van der Waals surface area contributed by atoms with Crippen LogP contribution in [0.4, 0.5) is 5.69 Å². The molecule has 1 aliphatic rings. The van der Waals surface area contributed by atoms with Crippen molar-refractivity contribution in [2.75, 3.05) is 5.32 Å². The molecule has 3 rings (SSSR count). The highest BCUT2D eigenvalue weighted by Crippen LogP contribution is 2.25. The molecule has 3 nitrogen and oxygen atoms in total. The van der Waals surface area contributed by atoms with Crippen LogP contribution in [0.5, 0.6) is 0 Å². The molecule has 1 aliphatic carbocycles. The normalized spacial score (nSPS) is 17.2. The maximum absolute atomic E-state index is 11.3. The number of anilines is 1. The molecule has 0 fully saturated rings. The summed E-state index contributed by atoms with van der Waals surface area (Å²) in [7, 11) is 0. The molecule has 27 heavy (non-hydrogen) atoms. The summed E-state index contributed by atoms with van der Waals surface area (Å²) in [6, 6.07) is 16.3. The Balaban J connectivity index is 1.56. The van der Waals surface area contributed by atoms with Gasteiger partial charge in [-0.25, -0.2) is 0 Å². The third kappa shape index (κ3) is 5.67. The van der Waals surface area contributed by atoms with Crippen LogP contribution in [0.3, 0.4) is 0 Å². The van der Waals surface area contributed by atoms with Gasteiger partial charge in [-0.1, -0.05) is 42.8 Å². The summed E-state index contributed by atoms with van der Waals surface area (Å²) in [5.41, 5.74) is 6.46. The first-order valence-corrected chi connectivity index (χ1v) is 10.2. The zero-order valence-corrected chi connectivity index (χ0v) is 16.8. The van der Waals surface area contributed by atoms with E-state index in [2.05, 4.69) is 60.9 Å². The fraction of sp³-hybridized carbons (Fsp3) is 0.458. The quantitative estimate of drug-likeness (QED) is 0.740. The van der Waals surface area contributed by atoms with E-state index in [4.69, 9.17) is 0 Å². The Bertz CT molecular complexity index is 766. The highest BCUT2D eigenvalue weighted by atomic mass is 16.1. The van der Waals surface area contributed by atoms with Crippen LogP contribution in [0.25, 0.3) is 0 Å². The van der Waals surface area contributed by atoms with Gasteiger partial charge in [-0.05, 0) is 74.3 Å². The molecular weight excluding hydrogens is 332 g/mol. The molecule has 0 radical (unpaired) electrons. The number of rotatable bonds is 7. The monoisotopic (exact) mass is 364 g/mol. The van der Waals surface area contributed by atoms with E-state index >= 15 is 0 Å². The molecule has 2 aromatic carbocycles. The molecule has 2 unspecified atom stereocenters. The van der Waals surface area contributed by atoms with Gasteiger partial charge in [-0.15, -0.1) is 0 Å². The molecule has 0 saturated carbocycles. The summed E-state index contributed by atoms with van der Waals surface area (Å²) in [5.74, 6) is -0.0115. The molecule has 2 atom stereocenters. The molecule has 0 aromatic heterocycles. The summed E-state index contributed by atoms with van der Waals surface area (Å²) in [6.07, 6.45) is 6.80. The number of hydrogen-bond donors (Lipinski definition) is 2. The van der Waals surface area contributed by atoms with E-state index in [1.807, 2.05) is 6.07 Å². The highest BCUT2D eigenvalue weighted by molar-refractivity contribution is 5.88. The zero-order chi connectivity index (χ0) is 19.2. The number of carbonyl (C=O) groups is 1. The van der Waals surface area contributed by atoms with E-state index in [9.17, 15) is 4.79 Å². The topological polar surface area (TPSA) is 41.1 Å². The Labute approximate surface area is 163 Å². The van der Waals surface area contributed by atoms with Crippen molar-refractivity contribution < 1.29 is 4.79 Å². The van der Waals surface area contributed by atoms with Crippen LogP contribution in [-0.2, 0) is 24.1 Å². The first-order chi connectivity index (χ1) is 13.0. The van der Waals surface area contributed by atoms with Gasteiger partial charge < -0.3 is 10.6 Å². The zero-order valence-electron chi connectivity index (χ0n) is 16.8. The van der Waals surface area contributed by atoms with Crippen LogP contribution in [0.15, 0.2) is 42.5 Å². The maximum atomic E-state index is 11.3. The van der Waals surface area contributed by atoms with Gasteiger partial charge in [0, 0.05) is 24.7 Å². The van der Waals surface area contributed by atoms with Gasteiger partial charge >= 0.3 is 0 Å². The number of nitrogens with one attached hydrogen (secondary N) is 2. The van der Waals surface area contributed by atoms with E-state index in [-0.39, 0.29) is 5.91 Å². The van der Waals surface area contributed by atoms with E-state index in [0.29, 0.717) is 12.1 Å². The SMILES string of the molecule is CCC(CCc1ccc(C)cc1)NC1CCc2ccc(NC(C)=O)cc2C1. The Kier molecular flexibility index (Phi) is 6.68. The first-order valence-electron chi connectivity index (χ1n) is 10.2. The molecular formula is C24H32N2O. The van der Waals surface area contributed by atoms with E-state index in [1.165, 1.54) is 35.1 Å². The summed E-state index contributed by atoms with van der Waals surface area (Å²) < 4.78 is 0. The number of amides is 1. The van der Waals surface area contributed by atoms with E-state index in [0.717, 1.165) is 31.4 Å². The van der Waals surface area contributed by atoms with Crippen molar-refractivity contribution in [2.24, 2.45) is 0 Å². The smallest absolute Gasteiger partial charge is 0.221 e. The van der Waals surface area contributed by atoms with Crippen molar-refractivity contribution in [1.82, 2.24) is 5.32 Å². The molecule has 0 heterocycles. The van der Waals surface area contributed by atoms with Crippen LogP contribution in [0.2, 0.25) is 0 Å². The average molecular weight is 365 g/mol. The number of fused-ring (bicyclic) bond motifs is 1. The molecule has 2 aromatic rings. The third-order valence-corrected chi connectivity index (χ3v) is 5.62. The third-order valence-electron chi connectivity index (χ3n) is 5.62. The minimum Gasteiger partial charge on any atom is -0.326 e. The lowest BCUT2D eigenvalue weighted by atomic mass is 9.87. The minimum absolute atomic E-state index is 0.0115. The molecule has 144 valence electrons. The Hall–Kier alpha value is -2.13. The van der Waals surface area contributed by atoms with Crippen molar-refractivity contribution >= 4 is 11.6 Å². The largest absolute Gasteiger partial charge is 0.326 e. The fourth-order valence-corrected chi connectivity index (χ4v) is 4.01. The second kappa shape index (κ2) is 9.18. The Morgan fingerprint density at radius 2 is 1.93 bits per heavy atom. The maximum Gasteiger partial charge on any atom is 0.221 e. The number of aryl methyl sites for hydroxylation is 3. The lowest BCUT2D eigenvalue weighted by Gasteiger charge is -2.30. The fourth-order valence-electron chi connectivity index (χ4n) is 4.01. The second-order valence-electron chi connectivity index (χ2n) is 7.90. The van der Waals surface area contributed by atoms with Gasteiger partial charge in [0.1, 0.15) is 0 Å². The van der Waals surface area contributed by atoms with Crippen LogP contribution in [0.1, 0.15) is 55.4 Å². The van der Waals surface area contributed by atoms with Gasteiger partial charge in [-0.2, -0.15) is 0 Å². The number of benzene rings is 2. The number of carbonyl (C=O) groups excluding carboxylic acids is 1. The standard InChI is InChI=1S/C24H32N2O/c1-4-22(12-9-19-7-5-17(2)6-8-19)26-24-14-11-20-10-13-23(25-18(3)27)15-21(20)16-24/h5-8,10,13,15,22,24,26H,4,9,11-12,14,16H2,1-3H3,(H,25,27). The molecule has 0 bridgehead atoms. The van der Waals surface area contributed by atoms with Crippen LogP contribution in [-0.4, -0.2) is 18.0 Å². The Morgan fingerprint density at radius 3 is 2.63 bits per heavy atom. The summed E-state index contributed by atoms with van der Waals surface area (Å²) in [4.78, 5) is 11.3. The number of hydrogen-bond acceptors (Lipinski definition) is 2.